The summed E-state index contributed by atoms with van der Waals surface area (Å²) in [7, 11) is 1.11. The van der Waals surface area contributed by atoms with E-state index in [1.54, 1.807) is 0 Å². The van der Waals surface area contributed by atoms with Crippen molar-refractivity contribution in [2.24, 2.45) is 0 Å². The Kier molecular flexibility index (Phi) is 5.60. The maximum absolute atomic E-state index is 12.6. The Morgan fingerprint density at radius 3 is 2.27 bits per heavy atom. The molecule has 0 spiro atoms. The van der Waals surface area contributed by atoms with Crippen LogP contribution in [0.3, 0.4) is 0 Å². The van der Waals surface area contributed by atoms with E-state index in [9.17, 15) is 22.4 Å². The highest BCUT2D eigenvalue weighted by Crippen LogP contribution is 2.24. The van der Waals surface area contributed by atoms with Crippen molar-refractivity contribution in [3.63, 3.8) is 0 Å². The van der Waals surface area contributed by atoms with Gasteiger partial charge in [0.2, 0.25) is 0 Å². The van der Waals surface area contributed by atoms with Crippen LogP contribution in [0.2, 0.25) is 0 Å². The molecule has 90 valence electrons. The molecule has 0 radical (unpaired) electrons. The lowest BCUT2D eigenvalue weighted by atomic mass is 10.2. The third-order valence-electron chi connectivity index (χ3n) is 2.00. The highest BCUT2D eigenvalue weighted by atomic mass is 19.3. The molecule has 0 unspecified atom stereocenters. The summed E-state index contributed by atoms with van der Waals surface area (Å²) >= 11 is 0. The Morgan fingerprint density at radius 2 is 1.87 bits per heavy atom. The fourth-order valence-electron chi connectivity index (χ4n) is 1.05. The van der Waals surface area contributed by atoms with Crippen LogP contribution in [0, 0.1) is 0 Å². The molecule has 0 saturated heterocycles. The van der Waals surface area contributed by atoms with Gasteiger partial charge in [0.15, 0.2) is 0 Å². The number of rotatable bonds is 6. The van der Waals surface area contributed by atoms with E-state index in [2.05, 4.69) is 0 Å². The number of nitrogens with zero attached hydrogens (tertiary/aromatic N) is 1. The van der Waals surface area contributed by atoms with Gasteiger partial charge in [-0.1, -0.05) is 19.8 Å². The number of halogens is 4. The van der Waals surface area contributed by atoms with Crippen LogP contribution < -0.4 is 0 Å². The molecular formula is C9H15F4NO. The molecule has 6 heteroatoms. The maximum atomic E-state index is 12.6. The second kappa shape index (κ2) is 5.92. The molecule has 0 aromatic carbocycles. The van der Waals surface area contributed by atoms with Gasteiger partial charge >= 0.3 is 12.3 Å². The highest BCUT2D eigenvalue weighted by Gasteiger charge is 2.50. The van der Waals surface area contributed by atoms with Gasteiger partial charge in [0.25, 0.3) is 5.91 Å². The quantitative estimate of drug-likeness (QED) is 0.506. The third kappa shape index (κ3) is 4.05. The SMILES string of the molecule is CCCCCN(C)C(=O)C(F)(F)C(F)F. The van der Waals surface area contributed by atoms with Gasteiger partial charge in [-0.3, -0.25) is 4.79 Å². The zero-order chi connectivity index (χ0) is 12.1. The second-order valence-corrected chi connectivity index (χ2v) is 3.36. The summed E-state index contributed by atoms with van der Waals surface area (Å²) in [6.45, 7) is 1.99. The van der Waals surface area contributed by atoms with Crippen LogP contribution in [-0.4, -0.2) is 36.7 Å². The van der Waals surface area contributed by atoms with Crippen molar-refractivity contribution < 1.29 is 22.4 Å². The molecule has 0 aliphatic carbocycles. The summed E-state index contributed by atoms with van der Waals surface area (Å²) in [6.07, 6.45) is -1.76. The summed E-state index contributed by atoms with van der Waals surface area (Å²) in [4.78, 5) is 11.6. The van der Waals surface area contributed by atoms with Crippen molar-refractivity contribution in [2.45, 2.75) is 38.5 Å². The number of hydrogen-bond donors (Lipinski definition) is 0. The van der Waals surface area contributed by atoms with Gasteiger partial charge in [-0.2, -0.15) is 8.78 Å². The van der Waals surface area contributed by atoms with E-state index < -0.39 is 18.3 Å². The first-order valence-electron chi connectivity index (χ1n) is 4.75. The topological polar surface area (TPSA) is 20.3 Å². The van der Waals surface area contributed by atoms with Crippen molar-refractivity contribution in [2.75, 3.05) is 13.6 Å². The van der Waals surface area contributed by atoms with Crippen LogP contribution in [0.1, 0.15) is 26.2 Å². The molecule has 0 rings (SSSR count). The predicted octanol–water partition coefficient (Wildman–Crippen LogP) is 2.54. The minimum absolute atomic E-state index is 0.0784. The maximum Gasteiger partial charge on any atom is 0.383 e. The minimum Gasteiger partial charge on any atom is -0.340 e. The molecular weight excluding hydrogens is 214 g/mol. The molecule has 15 heavy (non-hydrogen) atoms. The van der Waals surface area contributed by atoms with Crippen LogP contribution in [0.25, 0.3) is 0 Å². The molecule has 1 amide bonds. The van der Waals surface area contributed by atoms with Gasteiger partial charge in [0, 0.05) is 13.6 Å². The van der Waals surface area contributed by atoms with Gasteiger partial charge in [0.05, 0.1) is 0 Å². The van der Waals surface area contributed by atoms with Crippen LogP contribution in [0.5, 0.6) is 0 Å². The summed E-state index contributed by atoms with van der Waals surface area (Å²) in [5.41, 5.74) is 0. The van der Waals surface area contributed by atoms with Crippen molar-refractivity contribution in [3.8, 4) is 0 Å². The summed E-state index contributed by atoms with van der Waals surface area (Å²) in [6, 6.07) is 0. The van der Waals surface area contributed by atoms with Crippen LogP contribution in [0.15, 0.2) is 0 Å². The molecule has 0 atom stereocenters. The van der Waals surface area contributed by atoms with Crippen molar-refractivity contribution in [3.05, 3.63) is 0 Å². The standard InChI is InChI=1S/C9H15F4NO/c1-3-4-5-6-14(2)8(15)9(12,13)7(10)11/h7H,3-6H2,1-2H3. The van der Waals surface area contributed by atoms with E-state index in [0.717, 1.165) is 19.9 Å². The number of unbranched alkanes of at least 4 members (excludes halogenated alkanes) is 2. The Morgan fingerprint density at radius 1 is 1.33 bits per heavy atom. The van der Waals surface area contributed by atoms with E-state index in [1.165, 1.54) is 0 Å². The average molecular weight is 229 g/mol. The fourth-order valence-corrected chi connectivity index (χ4v) is 1.05. The Hall–Kier alpha value is -0.810. The third-order valence-corrected chi connectivity index (χ3v) is 2.00. The van der Waals surface area contributed by atoms with Gasteiger partial charge in [-0.25, -0.2) is 8.78 Å². The Balaban J connectivity index is 4.19. The molecule has 2 nitrogen and oxygen atoms in total. The number of amides is 1. The van der Waals surface area contributed by atoms with Gasteiger partial charge in [-0.15, -0.1) is 0 Å². The zero-order valence-electron chi connectivity index (χ0n) is 8.77. The minimum atomic E-state index is -4.57. The summed E-state index contributed by atoms with van der Waals surface area (Å²) in [5.74, 6) is -6.38. The van der Waals surface area contributed by atoms with Crippen molar-refractivity contribution in [1.82, 2.24) is 4.90 Å². The number of carbonyl (C=O) groups excluding carboxylic acids is 1. The van der Waals surface area contributed by atoms with E-state index in [0.29, 0.717) is 11.3 Å². The monoisotopic (exact) mass is 229 g/mol. The summed E-state index contributed by atoms with van der Waals surface area (Å²) < 4.78 is 48.7. The van der Waals surface area contributed by atoms with E-state index in [1.807, 2.05) is 6.92 Å². The lowest BCUT2D eigenvalue weighted by Crippen LogP contribution is -2.46. The predicted molar refractivity (Wildman–Crippen MR) is 48.1 cm³/mol. The fraction of sp³-hybridized carbons (Fsp3) is 0.889. The first-order chi connectivity index (χ1) is 6.84. The second-order valence-electron chi connectivity index (χ2n) is 3.36. The first kappa shape index (κ1) is 14.2. The molecule has 0 bridgehead atoms. The molecule has 0 N–H and O–H groups in total. The molecule has 0 heterocycles. The van der Waals surface area contributed by atoms with Gasteiger partial charge in [-0.05, 0) is 6.42 Å². The van der Waals surface area contributed by atoms with Crippen LogP contribution >= 0.6 is 0 Å². The largest absolute Gasteiger partial charge is 0.383 e. The number of hydrogen-bond acceptors (Lipinski definition) is 1. The number of carbonyl (C=O) groups is 1. The first-order valence-corrected chi connectivity index (χ1v) is 4.75. The van der Waals surface area contributed by atoms with E-state index in [4.69, 9.17) is 0 Å². The smallest absolute Gasteiger partial charge is 0.340 e. The lowest BCUT2D eigenvalue weighted by molar-refractivity contribution is -0.179. The molecule has 0 aliphatic rings. The molecule has 0 saturated carbocycles. The highest BCUT2D eigenvalue weighted by molar-refractivity contribution is 5.83. The molecule has 0 fully saturated rings. The Labute approximate surface area is 86.2 Å². The van der Waals surface area contributed by atoms with E-state index in [-0.39, 0.29) is 6.54 Å². The van der Waals surface area contributed by atoms with Gasteiger partial charge < -0.3 is 4.90 Å². The average Bonchev–Trinajstić information content (AvgIpc) is 2.16. The van der Waals surface area contributed by atoms with E-state index >= 15 is 0 Å². The Bertz CT molecular complexity index is 208. The summed E-state index contributed by atoms with van der Waals surface area (Å²) in [5, 5.41) is 0. The van der Waals surface area contributed by atoms with Crippen LogP contribution in [0.4, 0.5) is 17.6 Å². The molecule has 0 aliphatic heterocycles. The molecule has 0 aromatic heterocycles. The van der Waals surface area contributed by atoms with Crippen LogP contribution in [-0.2, 0) is 4.79 Å². The number of alkyl halides is 4. The zero-order valence-corrected chi connectivity index (χ0v) is 8.77. The molecule has 0 aromatic rings. The normalized spacial score (nSPS) is 11.9. The van der Waals surface area contributed by atoms with Gasteiger partial charge in [0.1, 0.15) is 0 Å². The van der Waals surface area contributed by atoms with Crippen molar-refractivity contribution >= 4 is 5.91 Å². The lowest BCUT2D eigenvalue weighted by Gasteiger charge is -2.22. The van der Waals surface area contributed by atoms with Crippen molar-refractivity contribution in [1.29, 1.82) is 0 Å².